The van der Waals surface area contributed by atoms with Crippen LogP contribution in [0.15, 0.2) is 18.6 Å². The van der Waals surface area contributed by atoms with Crippen molar-refractivity contribution < 1.29 is 4.79 Å². The van der Waals surface area contributed by atoms with E-state index in [2.05, 4.69) is 53.3 Å². The van der Waals surface area contributed by atoms with Crippen LogP contribution in [0, 0.1) is 0 Å². The Morgan fingerprint density at radius 1 is 1.19 bits per heavy atom. The fourth-order valence-electron chi connectivity index (χ4n) is 3.24. The second-order valence-electron chi connectivity index (χ2n) is 7.58. The topological polar surface area (TPSA) is 80.9 Å². The highest BCUT2D eigenvalue weighted by atomic mass is 16.2. The Labute approximate surface area is 154 Å². The molecule has 3 heterocycles. The molecule has 1 amide bonds. The van der Waals surface area contributed by atoms with E-state index < -0.39 is 0 Å². The van der Waals surface area contributed by atoms with Crippen LogP contribution in [-0.2, 0) is 11.3 Å². The third kappa shape index (κ3) is 4.49. The molecular weight excluding hydrogens is 330 g/mol. The molecule has 0 aromatic carbocycles. The Bertz CT molecular complexity index is 725. The predicted octanol–water partition coefficient (Wildman–Crippen LogP) is 1.71. The lowest BCUT2D eigenvalue weighted by atomic mass is 10.0. The van der Waals surface area contributed by atoms with Crippen LogP contribution < -0.4 is 5.32 Å². The van der Waals surface area contributed by atoms with E-state index in [9.17, 15) is 4.79 Å². The molecule has 1 fully saturated rings. The molecule has 1 saturated heterocycles. The fraction of sp³-hybridized carbons (Fsp3) is 0.667. The lowest BCUT2D eigenvalue weighted by Gasteiger charge is -2.34. The SMILES string of the molecule is CC(C)N1CCC(NC(=O)Cn2cc(-c3cnn(C(C)C)c3)nn2)CC1. The van der Waals surface area contributed by atoms with Gasteiger partial charge < -0.3 is 10.2 Å². The lowest BCUT2D eigenvalue weighted by Crippen LogP contribution is -2.47. The minimum atomic E-state index is -0.0117. The zero-order valence-electron chi connectivity index (χ0n) is 16.1. The van der Waals surface area contributed by atoms with Crippen LogP contribution in [0.2, 0.25) is 0 Å². The van der Waals surface area contributed by atoms with E-state index in [0.717, 1.165) is 37.2 Å². The monoisotopic (exact) mass is 359 g/mol. The number of nitrogens with zero attached hydrogens (tertiary/aromatic N) is 6. The standard InChI is InChI=1S/C18H29N7O/c1-13(2)23-7-5-16(6-8-23)20-18(26)12-24-11-17(21-22-24)15-9-19-25(10-15)14(3)4/h9-11,13-14,16H,5-8,12H2,1-4H3,(H,20,26). The molecule has 8 nitrogen and oxygen atoms in total. The molecule has 0 unspecified atom stereocenters. The lowest BCUT2D eigenvalue weighted by molar-refractivity contribution is -0.122. The van der Waals surface area contributed by atoms with Crippen molar-refractivity contribution in [2.75, 3.05) is 13.1 Å². The van der Waals surface area contributed by atoms with E-state index >= 15 is 0 Å². The molecule has 3 rings (SSSR count). The number of carbonyl (C=O) groups is 1. The van der Waals surface area contributed by atoms with Gasteiger partial charge in [-0.05, 0) is 40.5 Å². The van der Waals surface area contributed by atoms with Crippen molar-refractivity contribution in [2.45, 2.75) is 65.2 Å². The minimum Gasteiger partial charge on any atom is -0.352 e. The van der Waals surface area contributed by atoms with Gasteiger partial charge in [0.05, 0.1) is 12.4 Å². The Balaban J connectivity index is 1.51. The Morgan fingerprint density at radius 2 is 1.92 bits per heavy atom. The van der Waals surface area contributed by atoms with Crippen molar-refractivity contribution in [1.29, 1.82) is 0 Å². The van der Waals surface area contributed by atoms with Gasteiger partial charge in [-0.15, -0.1) is 5.10 Å². The van der Waals surface area contributed by atoms with Crippen molar-refractivity contribution >= 4 is 5.91 Å². The maximum atomic E-state index is 12.3. The number of nitrogens with one attached hydrogen (secondary N) is 1. The van der Waals surface area contributed by atoms with Gasteiger partial charge in [-0.1, -0.05) is 5.21 Å². The predicted molar refractivity (Wildman–Crippen MR) is 99.5 cm³/mol. The van der Waals surface area contributed by atoms with Crippen LogP contribution in [-0.4, -0.2) is 60.8 Å². The maximum Gasteiger partial charge on any atom is 0.242 e. The molecule has 2 aromatic heterocycles. The van der Waals surface area contributed by atoms with E-state index in [1.54, 1.807) is 17.1 Å². The summed E-state index contributed by atoms with van der Waals surface area (Å²) < 4.78 is 3.46. The fourth-order valence-corrected chi connectivity index (χ4v) is 3.24. The number of carbonyl (C=O) groups excluding carboxylic acids is 1. The van der Waals surface area contributed by atoms with Crippen LogP contribution >= 0.6 is 0 Å². The van der Waals surface area contributed by atoms with Gasteiger partial charge in [-0.3, -0.25) is 9.48 Å². The molecule has 8 heteroatoms. The summed E-state index contributed by atoms with van der Waals surface area (Å²) in [6, 6.07) is 1.12. The van der Waals surface area contributed by atoms with E-state index in [1.165, 1.54) is 0 Å². The smallest absolute Gasteiger partial charge is 0.242 e. The molecular formula is C18H29N7O. The third-order valence-corrected chi connectivity index (χ3v) is 4.90. The van der Waals surface area contributed by atoms with Crippen LogP contribution in [0.25, 0.3) is 11.3 Å². The number of hydrogen-bond acceptors (Lipinski definition) is 5. The van der Waals surface area contributed by atoms with Crippen LogP contribution in [0.4, 0.5) is 0 Å². The Morgan fingerprint density at radius 3 is 2.54 bits per heavy atom. The third-order valence-electron chi connectivity index (χ3n) is 4.90. The number of likely N-dealkylation sites (tertiary alicyclic amines) is 1. The van der Waals surface area contributed by atoms with Gasteiger partial charge in [0.2, 0.25) is 5.91 Å². The summed E-state index contributed by atoms with van der Waals surface area (Å²) in [7, 11) is 0. The first-order valence-electron chi connectivity index (χ1n) is 9.40. The van der Waals surface area contributed by atoms with E-state index in [0.29, 0.717) is 12.1 Å². The van der Waals surface area contributed by atoms with Gasteiger partial charge >= 0.3 is 0 Å². The van der Waals surface area contributed by atoms with E-state index in [-0.39, 0.29) is 18.5 Å². The molecule has 1 aliphatic heterocycles. The number of rotatable bonds is 6. The molecule has 0 aliphatic carbocycles. The highest BCUT2D eigenvalue weighted by Crippen LogP contribution is 2.17. The summed E-state index contributed by atoms with van der Waals surface area (Å²) in [6.07, 6.45) is 7.52. The van der Waals surface area contributed by atoms with Crippen molar-refractivity contribution in [3.05, 3.63) is 18.6 Å². The molecule has 1 aliphatic rings. The van der Waals surface area contributed by atoms with E-state index in [1.807, 2.05) is 10.9 Å². The number of amides is 1. The first-order valence-corrected chi connectivity index (χ1v) is 9.40. The van der Waals surface area contributed by atoms with Crippen molar-refractivity contribution in [2.24, 2.45) is 0 Å². The van der Waals surface area contributed by atoms with Gasteiger partial charge in [0.1, 0.15) is 12.2 Å². The number of hydrogen-bond donors (Lipinski definition) is 1. The van der Waals surface area contributed by atoms with Crippen LogP contribution in [0.3, 0.4) is 0 Å². The zero-order valence-corrected chi connectivity index (χ0v) is 16.1. The van der Waals surface area contributed by atoms with Gasteiger partial charge in [0.15, 0.2) is 0 Å². The second kappa shape index (κ2) is 7.99. The molecule has 142 valence electrons. The summed E-state index contributed by atoms with van der Waals surface area (Å²) in [4.78, 5) is 14.8. The highest BCUT2D eigenvalue weighted by Gasteiger charge is 2.22. The average molecular weight is 359 g/mol. The summed E-state index contributed by atoms with van der Waals surface area (Å²) in [6.45, 7) is 10.8. The maximum absolute atomic E-state index is 12.3. The van der Waals surface area contributed by atoms with Gasteiger partial charge in [0.25, 0.3) is 0 Å². The van der Waals surface area contributed by atoms with Gasteiger partial charge in [-0.25, -0.2) is 4.68 Å². The Kier molecular flexibility index (Phi) is 5.70. The summed E-state index contributed by atoms with van der Waals surface area (Å²) >= 11 is 0. The molecule has 2 aromatic rings. The summed E-state index contributed by atoms with van der Waals surface area (Å²) in [5.41, 5.74) is 1.64. The highest BCUT2D eigenvalue weighted by molar-refractivity contribution is 5.76. The summed E-state index contributed by atoms with van der Waals surface area (Å²) in [5, 5.41) is 15.7. The first-order chi connectivity index (χ1) is 12.4. The quantitative estimate of drug-likeness (QED) is 0.849. The number of aromatic nitrogens is 5. The van der Waals surface area contributed by atoms with Crippen LogP contribution in [0.1, 0.15) is 46.6 Å². The van der Waals surface area contributed by atoms with Gasteiger partial charge in [-0.2, -0.15) is 5.10 Å². The molecule has 1 N–H and O–H groups in total. The number of piperidine rings is 1. The first kappa shape index (κ1) is 18.6. The van der Waals surface area contributed by atoms with Crippen LogP contribution in [0.5, 0.6) is 0 Å². The second-order valence-corrected chi connectivity index (χ2v) is 7.58. The average Bonchev–Trinajstić information content (AvgIpc) is 3.24. The van der Waals surface area contributed by atoms with Crippen molar-refractivity contribution in [3.8, 4) is 11.3 Å². The zero-order chi connectivity index (χ0) is 18.7. The molecule has 0 bridgehead atoms. The largest absolute Gasteiger partial charge is 0.352 e. The molecule has 0 atom stereocenters. The molecule has 26 heavy (non-hydrogen) atoms. The normalized spacial score (nSPS) is 16.5. The summed E-state index contributed by atoms with van der Waals surface area (Å²) in [5.74, 6) is -0.0117. The van der Waals surface area contributed by atoms with Gasteiger partial charge in [0, 0.05) is 43.0 Å². The van der Waals surface area contributed by atoms with Crippen molar-refractivity contribution in [1.82, 2.24) is 35.0 Å². The van der Waals surface area contributed by atoms with E-state index in [4.69, 9.17) is 0 Å². The Hall–Kier alpha value is -2.22. The molecule has 0 spiro atoms. The van der Waals surface area contributed by atoms with Crippen molar-refractivity contribution in [3.63, 3.8) is 0 Å². The molecule has 0 radical (unpaired) electrons. The minimum absolute atomic E-state index is 0.0117. The molecule has 0 saturated carbocycles.